The van der Waals surface area contributed by atoms with E-state index in [0.29, 0.717) is 0 Å². The van der Waals surface area contributed by atoms with Gasteiger partial charge in [-0.25, -0.2) is 4.39 Å². The van der Waals surface area contributed by atoms with Crippen LogP contribution in [0.3, 0.4) is 0 Å². The first-order valence-corrected chi connectivity index (χ1v) is 9.88. The van der Waals surface area contributed by atoms with Gasteiger partial charge < -0.3 is 26.2 Å². The Labute approximate surface area is 186 Å². The van der Waals surface area contributed by atoms with E-state index < -0.39 is 81.2 Å². The molecular weight excluding hydrogens is 439 g/mol. The van der Waals surface area contributed by atoms with Crippen molar-refractivity contribution in [1.29, 1.82) is 0 Å². The molecule has 11 heteroatoms. The molecule has 0 aliphatic heterocycles. The number of amides is 1. The van der Waals surface area contributed by atoms with Gasteiger partial charge in [-0.05, 0) is 31.3 Å². The Hall–Kier alpha value is -3.41. The molecule has 1 amide bonds. The second-order valence-corrected chi connectivity index (χ2v) is 8.72. The molecule has 1 fully saturated rings. The van der Waals surface area contributed by atoms with E-state index in [4.69, 9.17) is 5.73 Å². The first kappa shape index (κ1) is 22.8. The third-order valence-electron chi connectivity index (χ3n) is 6.87. The van der Waals surface area contributed by atoms with Crippen molar-refractivity contribution in [2.75, 3.05) is 14.1 Å². The summed E-state index contributed by atoms with van der Waals surface area (Å²) in [4.78, 5) is 52.8. The molecule has 1 saturated carbocycles. The molecule has 10 nitrogen and oxygen atoms in total. The minimum atomic E-state index is -3.68. The van der Waals surface area contributed by atoms with E-state index in [1.807, 2.05) is 0 Å². The van der Waals surface area contributed by atoms with Crippen LogP contribution >= 0.6 is 0 Å². The summed E-state index contributed by atoms with van der Waals surface area (Å²) < 4.78 is 16.6. The molecular formula is C22H21FN2O8. The molecule has 4 rings (SSSR count). The van der Waals surface area contributed by atoms with Crippen molar-refractivity contribution in [2.45, 2.75) is 23.4 Å². The molecule has 3 aliphatic rings. The minimum absolute atomic E-state index is 0.0170. The zero-order chi connectivity index (χ0) is 24.8. The maximum absolute atomic E-state index is 16.6. The lowest BCUT2D eigenvalue weighted by Crippen LogP contribution is -2.77. The molecule has 0 heterocycles. The van der Waals surface area contributed by atoms with Crippen LogP contribution in [-0.4, -0.2) is 86.1 Å². The van der Waals surface area contributed by atoms with E-state index in [2.05, 4.69) is 6.58 Å². The van der Waals surface area contributed by atoms with E-state index in [9.17, 15) is 39.6 Å². The smallest absolute Gasteiger partial charge is 0.255 e. The third-order valence-corrected chi connectivity index (χ3v) is 6.87. The number of likely N-dealkylation sites (N-methyl/N-ethyl adjacent to an activating group) is 1. The van der Waals surface area contributed by atoms with Crippen molar-refractivity contribution in [3.05, 3.63) is 47.2 Å². The van der Waals surface area contributed by atoms with Gasteiger partial charge in [0.25, 0.3) is 5.91 Å². The zero-order valence-electron chi connectivity index (χ0n) is 17.6. The Bertz CT molecular complexity index is 1210. The summed E-state index contributed by atoms with van der Waals surface area (Å²) in [6.07, 6.45) is -2.10. The maximum atomic E-state index is 16.6. The number of benzene rings is 1. The van der Waals surface area contributed by atoms with Gasteiger partial charge in [-0.1, -0.05) is 18.7 Å². The van der Waals surface area contributed by atoms with Gasteiger partial charge in [0.15, 0.2) is 11.4 Å². The minimum Gasteiger partial charge on any atom is -0.508 e. The topological polar surface area (TPSA) is 178 Å². The highest BCUT2D eigenvalue weighted by Crippen LogP contribution is 2.57. The highest BCUT2D eigenvalue weighted by atomic mass is 19.1. The zero-order valence-corrected chi connectivity index (χ0v) is 17.6. The largest absolute Gasteiger partial charge is 0.508 e. The Kier molecular flexibility index (Phi) is 4.69. The van der Waals surface area contributed by atoms with Crippen molar-refractivity contribution < 1.29 is 44.0 Å². The number of carbonyl (C=O) groups is 4. The quantitative estimate of drug-likeness (QED) is 0.274. The highest BCUT2D eigenvalue weighted by Gasteiger charge is 2.76. The van der Waals surface area contributed by atoms with Crippen molar-refractivity contribution in [3.8, 4) is 5.75 Å². The van der Waals surface area contributed by atoms with Crippen molar-refractivity contribution in [2.24, 2.45) is 17.6 Å². The highest BCUT2D eigenvalue weighted by molar-refractivity contribution is 6.29. The molecule has 174 valence electrons. The van der Waals surface area contributed by atoms with E-state index in [1.165, 1.54) is 31.1 Å². The first-order valence-electron chi connectivity index (χ1n) is 9.88. The summed E-state index contributed by atoms with van der Waals surface area (Å²) in [5.41, 5.74) is -3.81. The van der Waals surface area contributed by atoms with Crippen LogP contribution in [0, 0.1) is 11.8 Å². The summed E-state index contributed by atoms with van der Waals surface area (Å²) in [7, 11) is 2.68. The molecule has 0 radical (unpaired) electrons. The number of rotatable bonds is 2. The number of nitrogens with two attached hydrogens (primary N) is 1. The number of aromatic hydroxyl groups is 1. The molecule has 1 aromatic carbocycles. The maximum Gasteiger partial charge on any atom is 0.255 e. The monoisotopic (exact) mass is 460 g/mol. The molecule has 3 aliphatic carbocycles. The van der Waals surface area contributed by atoms with Crippen LogP contribution in [0.2, 0.25) is 0 Å². The molecule has 0 spiro atoms. The summed E-state index contributed by atoms with van der Waals surface area (Å²) >= 11 is 0. The number of halogens is 1. The standard InChI is InChI=1S/C22H21FN2O8/c1-7-8-5-4-6-9(26)10(8)17(29)21(23)12(7)16(28)13-14(25(2)3)15(27)11(19(24)31)18(30)22(13,33)20(21)32/h4-6,12-14,16,26,28,30,33H,1H2,2-3H3,(H2,24,31)/t12-,13+,14-,16-,21+,22+/m0/s1. The molecule has 0 saturated heterocycles. The Morgan fingerprint density at radius 3 is 2.36 bits per heavy atom. The predicted octanol–water partition coefficient (Wildman–Crippen LogP) is -0.973. The van der Waals surface area contributed by atoms with Gasteiger partial charge in [-0.2, -0.15) is 0 Å². The normalized spacial score (nSPS) is 35.9. The summed E-state index contributed by atoms with van der Waals surface area (Å²) in [6.45, 7) is 3.71. The number of alkyl halides is 1. The Balaban J connectivity index is 2.08. The fourth-order valence-corrected chi connectivity index (χ4v) is 5.44. The Morgan fingerprint density at radius 1 is 1.21 bits per heavy atom. The summed E-state index contributed by atoms with van der Waals surface area (Å²) in [5.74, 6) is -12.1. The Morgan fingerprint density at radius 2 is 1.82 bits per heavy atom. The number of fused-ring (bicyclic) bond motifs is 3. The van der Waals surface area contributed by atoms with Crippen molar-refractivity contribution in [1.82, 2.24) is 4.90 Å². The number of hydrogen-bond donors (Lipinski definition) is 5. The fourth-order valence-electron chi connectivity index (χ4n) is 5.44. The molecule has 6 N–H and O–H groups in total. The number of nitrogens with zero attached hydrogens (tertiary/aromatic N) is 1. The number of hydrogen-bond acceptors (Lipinski definition) is 9. The average molecular weight is 460 g/mol. The molecule has 0 aromatic heterocycles. The van der Waals surface area contributed by atoms with Gasteiger partial charge in [0.1, 0.15) is 17.1 Å². The fraction of sp³-hybridized carbons (Fsp3) is 0.364. The average Bonchev–Trinajstić information content (AvgIpc) is 2.72. The van der Waals surface area contributed by atoms with E-state index in [0.717, 1.165) is 6.07 Å². The number of carbonyl (C=O) groups excluding carboxylic acids is 4. The van der Waals surface area contributed by atoms with Gasteiger partial charge in [0.05, 0.1) is 29.5 Å². The van der Waals surface area contributed by atoms with E-state index in [-0.39, 0.29) is 11.1 Å². The number of phenolic OH excluding ortho intramolecular Hbond substituents is 1. The van der Waals surface area contributed by atoms with Gasteiger partial charge in [0, 0.05) is 0 Å². The predicted molar refractivity (Wildman–Crippen MR) is 110 cm³/mol. The van der Waals surface area contributed by atoms with Crippen LogP contribution in [0.5, 0.6) is 5.75 Å². The number of ketones is 3. The van der Waals surface area contributed by atoms with Crippen LogP contribution in [0.1, 0.15) is 15.9 Å². The van der Waals surface area contributed by atoms with Crippen molar-refractivity contribution >= 4 is 28.8 Å². The number of primary amides is 1. The van der Waals surface area contributed by atoms with E-state index >= 15 is 4.39 Å². The lowest BCUT2D eigenvalue weighted by atomic mass is 9.51. The molecule has 0 bridgehead atoms. The van der Waals surface area contributed by atoms with Crippen molar-refractivity contribution in [3.63, 3.8) is 0 Å². The van der Waals surface area contributed by atoms with Crippen LogP contribution in [0.25, 0.3) is 5.57 Å². The number of aliphatic hydroxyl groups excluding tert-OH is 2. The SMILES string of the molecule is C=C1c2cccc(O)c2C(=O)[C@@]2(F)C(=O)[C@]3(O)C(O)=C(C(N)=O)C(=O)[C@@H](N(C)C)[C@@H]3[C@@H](O)[C@H]12. The van der Waals surface area contributed by atoms with E-state index in [1.54, 1.807) is 0 Å². The van der Waals surface area contributed by atoms with Crippen LogP contribution in [0.15, 0.2) is 36.1 Å². The lowest BCUT2D eigenvalue weighted by Gasteiger charge is -2.56. The number of phenols is 1. The summed E-state index contributed by atoms with van der Waals surface area (Å²) in [6, 6.07) is 2.18. The second kappa shape index (κ2) is 6.80. The lowest BCUT2D eigenvalue weighted by molar-refractivity contribution is -0.189. The number of aliphatic hydroxyl groups is 3. The van der Waals surface area contributed by atoms with Gasteiger partial charge in [-0.3, -0.25) is 24.1 Å². The second-order valence-electron chi connectivity index (χ2n) is 8.72. The van der Waals surface area contributed by atoms with Crippen LogP contribution in [-0.2, 0) is 14.4 Å². The molecule has 1 aromatic rings. The van der Waals surface area contributed by atoms with Gasteiger partial charge in [-0.15, -0.1) is 0 Å². The van der Waals surface area contributed by atoms with Gasteiger partial charge >= 0.3 is 0 Å². The molecule has 33 heavy (non-hydrogen) atoms. The first-order chi connectivity index (χ1) is 15.2. The van der Waals surface area contributed by atoms with Gasteiger partial charge in [0.2, 0.25) is 17.2 Å². The summed E-state index contributed by atoms with van der Waals surface area (Å²) in [5, 5.41) is 43.5. The third kappa shape index (κ3) is 2.46. The van der Waals surface area contributed by atoms with Crippen LogP contribution in [0.4, 0.5) is 4.39 Å². The molecule has 0 unspecified atom stereocenters. The molecule has 6 atom stereocenters. The van der Waals surface area contributed by atoms with Crippen LogP contribution < -0.4 is 5.73 Å². The number of Topliss-reactive ketones (excluding diaryl/α,β-unsaturated/α-hetero) is 3.